The molecule has 3 saturated carbocycles. The maximum Gasteiger partial charge on any atom is 0.343 e. The Labute approximate surface area is 409 Å². The molecule has 7 aliphatic rings. The molecule has 372 valence electrons. The molecule has 4 aliphatic heterocycles. The molecule has 5 fully saturated rings. The smallest absolute Gasteiger partial charge is 0.343 e. The Balaban J connectivity index is 1.30. The van der Waals surface area contributed by atoms with Gasteiger partial charge in [0.25, 0.3) is 0 Å². The van der Waals surface area contributed by atoms with Crippen molar-refractivity contribution < 1.29 is 77.9 Å². The standard InChI is InChI=1S/C52H61BrO16/c1-25(2)11-10-20-49(8)21-19-31-39(67-49)30(17-12-26(3)4)41-35(40(31)66-46(62)28-13-15-29(16-14-28)64-47-38(57)37(56)36(55)33(24-54)65-47)44(60)51(53)43(59)32-23-34-48(6,7)69-50(42(32)58,52(34,51)68-41)22-18-27(5)45(61)63-9/h11-16,18-19,21,32-34,36-38,43,47,54-57,59H,10,17,20,22-24H2,1-9H3/b27-18-/t32?,33-,34?,36-,37-,38-,43?,47-,49?,50?,51?,52?/m1/s1. The highest BCUT2D eigenvalue weighted by molar-refractivity contribution is 9.10. The lowest BCUT2D eigenvalue weighted by atomic mass is 9.45. The zero-order valence-corrected chi connectivity index (χ0v) is 41.7. The number of carbonyl (C=O) groups is 4. The van der Waals surface area contributed by atoms with Crippen molar-refractivity contribution in [3.05, 3.63) is 87.5 Å². The third-order valence-corrected chi connectivity index (χ3v) is 16.1. The minimum absolute atomic E-state index is 0.00370. The zero-order valence-electron chi connectivity index (χ0n) is 40.2. The Bertz CT molecular complexity index is 2570. The van der Waals surface area contributed by atoms with Crippen LogP contribution in [0.3, 0.4) is 0 Å². The van der Waals surface area contributed by atoms with Crippen LogP contribution in [-0.2, 0) is 30.2 Å². The third kappa shape index (κ3) is 7.91. The summed E-state index contributed by atoms with van der Waals surface area (Å²) in [4.78, 5) is 58.4. The van der Waals surface area contributed by atoms with E-state index in [9.17, 15) is 35.1 Å². The molecule has 5 N–H and O–H groups in total. The van der Waals surface area contributed by atoms with E-state index in [1.165, 1.54) is 37.5 Å². The minimum Gasteiger partial charge on any atom is -0.482 e. The molecule has 69 heavy (non-hydrogen) atoms. The molecule has 4 bridgehead atoms. The second-order valence-electron chi connectivity index (χ2n) is 20.2. The summed E-state index contributed by atoms with van der Waals surface area (Å²) in [6.07, 6.45) is 1.25. The van der Waals surface area contributed by atoms with E-state index in [0.717, 1.165) is 11.1 Å². The molecule has 7 unspecified atom stereocenters. The Morgan fingerprint density at radius 1 is 0.899 bits per heavy atom. The lowest BCUT2D eigenvalue weighted by Gasteiger charge is -2.65. The number of Topliss-reactive ketones (excluding diaryl/α,β-unsaturated/α-hetero) is 2. The number of fused-ring (bicyclic) bond motifs is 2. The summed E-state index contributed by atoms with van der Waals surface area (Å²) in [6, 6.07) is 5.51. The fourth-order valence-electron chi connectivity index (χ4n) is 11.1. The number of aliphatic hydroxyl groups excluding tert-OH is 5. The highest BCUT2D eigenvalue weighted by Crippen LogP contribution is 2.73. The monoisotopic (exact) mass is 1020 g/mol. The number of hydrogen-bond donors (Lipinski definition) is 5. The van der Waals surface area contributed by atoms with Crippen molar-refractivity contribution in [2.75, 3.05) is 13.7 Å². The molecule has 3 aliphatic carbocycles. The first-order valence-corrected chi connectivity index (χ1v) is 24.0. The van der Waals surface area contributed by atoms with Gasteiger partial charge in [-0.15, -0.1) is 0 Å². The summed E-state index contributed by atoms with van der Waals surface area (Å²) >= 11 is 3.80. The number of allylic oxidation sites excluding steroid dienone is 4. The van der Waals surface area contributed by atoms with Crippen molar-refractivity contribution in [2.45, 2.75) is 151 Å². The molecule has 2 aromatic rings. The number of rotatable bonds is 13. The van der Waals surface area contributed by atoms with Gasteiger partial charge in [0.2, 0.25) is 6.29 Å². The van der Waals surface area contributed by atoms with Gasteiger partial charge < -0.3 is 58.7 Å². The number of aliphatic hydroxyl groups is 5. The van der Waals surface area contributed by atoms with Gasteiger partial charge in [-0.1, -0.05) is 45.3 Å². The van der Waals surface area contributed by atoms with Gasteiger partial charge in [-0.25, -0.2) is 9.59 Å². The van der Waals surface area contributed by atoms with E-state index >= 15 is 9.59 Å². The maximum atomic E-state index is 16.1. The second-order valence-corrected chi connectivity index (χ2v) is 21.5. The van der Waals surface area contributed by atoms with Gasteiger partial charge in [0.1, 0.15) is 52.8 Å². The number of ether oxygens (including phenoxy) is 7. The summed E-state index contributed by atoms with van der Waals surface area (Å²) in [7, 11) is 1.25. The van der Waals surface area contributed by atoms with Crippen molar-refractivity contribution in [3.8, 4) is 23.0 Å². The van der Waals surface area contributed by atoms with Crippen LogP contribution < -0.4 is 18.9 Å². The summed E-state index contributed by atoms with van der Waals surface area (Å²) in [6.45, 7) is 14.3. The van der Waals surface area contributed by atoms with Crippen molar-refractivity contribution in [1.29, 1.82) is 0 Å². The van der Waals surface area contributed by atoms with Crippen LogP contribution in [0, 0.1) is 11.8 Å². The summed E-state index contributed by atoms with van der Waals surface area (Å²) in [5, 5.41) is 53.1. The van der Waals surface area contributed by atoms with E-state index in [4.69, 9.17) is 33.2 Å². The van der Waals surface area contributed by atoms with Crippen molar-refractivity contribution in [3.63, 3.8) is 0 Å². The highest BCUT2D eigenvalue weighted by Gasteiger charge is 2.90. The molecule has 4 heterocycles. The van der Waals surface area contributed by atoms with Gasteiger partial charge in [0.05, 0.1) is 36.5 Å². The number of esters is 2. The fraction of sp³-hybridized carbons (Fsp3) is 0.538. The number of alkyl halides is 1. The van der Waals surface area contributed by atoms with Gasteiger partial charge in [-0.2, -0.15) is 0 Å². The quantitative estimate of drug-likeness (QED) is 0.0541. The van der Waals surface area contributed by atoms with E-state index in [1.54, 1.807) is 13.0 Å². The molecular weight excluding hydrogens is 960 g/mol. The molecule has 17 heteroatoms. The van der Waals surface area contributed by atoms with Crippen LogP contribution in [0.2, 0.25) is 0 Å². The Morgan fingerprint density at radius 2 is 1.58 bits per heavy atom. The number of benzene rings is 2. The van der Waals surface area contributed by atoms with Gasteiger partial charge in [-0.3, -0.25) is 9.59 Å². The summed E-state index contributed by atoms with van der Waals surface area (Å²) in [5.74, 6) is -4.35. The first kappa shape index (κ1) is 50.7. The highest BCUT2D eigenvalue weighted by atomic mass is 79.9. The lowest BCUT2D eigenvalue weighted by Crippen LogP contribution is -2.86. The van der Waals surface area contributed by atoms with E-state index in [1.807, 2.05) is 60.6 Å². The number of carbonyl (C=O) groups excluding carboxylic acids is 4. The number of ketones is 2. The number of methoxy groups -OCH3 is 1. The summed E-state index contributed by atoms with van der Waals surface area (Å²) in [5.41, 5.74) is -3.06. The molecule has 12 atom stereocenters. The van der Waals surface area contributed by atoms with Crippen LogP contribution in [0.5, 0.6) is 23.0 Å². The third-order valence-electron chi connectivity index (χ3n) is 14.7. The van der Waals surface area contributed by atoms with Crippen LogP contribution >= 0.6 is 15.9 Å². The van der Waals surface area contributed by atoms with E-state index in [0.29, 0.717) is 18.4 Å². The molecule has 0 aromatic heterocycles. The van der Waals surface area contributed by atoms with Gasteiger partial charge in [0.15, 0.2) is 32.8 Å². The van der Waals surface area contributed by atoms with E-state index < -0.39 is 105 Å². The predicted molar refractivity (Wildman–Crippen MR) is 252 cm³/mol. The van der Waals surface area contributed by atoms with Crippen LogP contribution in [0.4, 0.5) is 0 Å². The average molecular weight is 1020 g/mol. The molecule has 0 radical (unpaired) electrons. The fourth-order valence-corrected chi connectivity index (χ4v) is 12.3. The van der Waals surface area contributed by atoms with Crippen LogP contribution in [-0.4, -0.2) is 126 Å². The van der Waals surface area contributed by atoms with Gasteiger partial charge in [-0.05, 0) is 117 Å². The van der Waals surface area contributed by atoms with Crippen molar-refractivity contribution in [2.24, 2.45) is 11.8 Å². The normalized spacial score (nSPS) is 34.6. The number of hydrogen-bond acceptors (Lipinski definition) is 16. The van der Waals surface area contributed by atoms with Crippen LogP contribution in [0.25, 0.3) is 6.08 Å². The summed E-state index contributed by atoms with van der Waals surface area (Å²) < 4.78 is 41.9. The second kappa shape index (κ2) is 18.2. The van der Waals surface area contributed by atoms with E-state index in [-0.39, 0.29) is 64.5 Å². The largest absolute Gasteiger partial charge is 0.482 e. The first-order valence-electron chi connectivity index (χ1n) is 23.2. The Morgan fingerprint density at radius 3 is 2.22 bits per heavy atom. The Kier molecular flexibility index (Phi) is 13.3. The first-order chi connectivity index (χ1) is 32.4. The van der Waals surface area contributed by atoms with Crippen LogP contribution in [0.1, 0.15) is 113 Å². The van der Waals surface area contributed by atoms with Gasteiger partial charge in [0, 0.05) is 29.4 Å². The lowest BCUT2D eigenvalue weighted by molar-refractivity contribution is -0.277. The zero-order chi connectivity index (χ0) is 50.3. The topological polar surface area (TPSA) is 234 Å². The van der Waals surface area contributed by atoms with Gasteiger partial charge >= 0.3 is 11.9 Å². The molecule has 16 nitrogen and oxygen atoms in total. The predicted octanol–water partition coefficient (Wildman–Crippen LogP) is 5.59. The number of halogens is 1. The molecule has 2 aromatic carbocycles. The Hall–Kier alpha value is -4.72. The minimum atomic E-state index is -2.07. The van der Waals surface area contributed by atoms with Crippen molar-refractivity contribution in [1.82, 2.24) is 0 Å². The molecule has 9 rings (SSSR count). The molecular formula is C52H61BrO16. The molecule has 1 spiro atoms. The van der Waals surface area contributed by atoms with E-state index in [2.05, 4.69) is 22.0 Å². The molecule has 0 amide bonds. The average Bonchev–Trinajstić information content (AvgIpc) is 3.44. The molecule has 2 saturated heterocycles. The maximum absolute atomic E-state index is 16.1. The van der Waals surface area contributed by atoms with Crippen molar-refractivity contribution >= 4 is 45.5 Å². The SMILES string of the molecule is COC(=O)/C(C)=C\CC12OC(C)(C)C3CC(C1=O)C(O)C1(Br)C(=O)c4c(OC(=O)c5ccc(O[C@@H]6O[C@H](CO)[C@@H](O)[C@@H](O)[C@H]6O)cc5)c5c(c(CC=C(C)C)c4OC321)OC(C)(CCC=C(C)C)C=C5. The van der Waals surface area contributed by atoms with Crippen LogP contribution in [0.15, 0.2) is 65.3 Å².